The molecule has 0 aliphatic heterocycles. The maximum atomic E-state index is 12.3. The van der Waals surface area contributed by atoms with Crippen LogP contribution in [0.15, 0.2) is 16.8 Å². The summed E-state index contributed by atoms with van der Waals surface area (Å²) >= 11 is 0. The molecule has 7 heteroatoms. The molecule has 0 spiro atoms. The minimum atomic E-state index is -0.102. The molecule has 1 amide bonds. The van der Waals surface area contributed by atoms with E-state index in [4.69, 9.17) is 4.52 Å². The first-order valence-corrected chi connectivity index (χ1v) is 9.04. The van der Waals surface area contributed by atoms with E-state index in [0.717, 1.165) is 24.0 Å². The molecule has 0 atom stereocenters. The van der Waals surface area contributed by atoms with Gasteiger partial charge in [0, 0.05) is 25.3 Å². The second kappa shape index (κ2) is 9.73. The van der Waals surface area contributed by atoms with Crippen molar-refractivity contribution >= 4 is 29.4 Å². The summed E-state index contributed by atoms with van der Waals surface area (Å²) in [4.78, 5) is 16.5. The summed E-state index contributed by atoms with van der Waals surface area (Å²) in [5, 5.41) is 11.3. The zero-order valence-electron chi connectivity index (χ0n) is 14.7. The van der Waals surface area contributed by atoms with E-state index in [1.54, 1.807) is 6.20 Å². The van der Waals surface area contributed by atoms with Gasteiger partial charge in [-0.25, -0.2) is 4.98 Å². The number of halogens is 1. The molecule has 3 rings (SSSR count). The number of nitrogens with one attached hydrogen (secondary N) is 2. The van der Waals surface area contributed by atoms with Crippen LogP contribution in [-0.2, 0) is 6.42 Å². The van der Waals surface area contributed by atoms with Crippen molar-refractivity contribution in [1.29, 1.82) is 0 Å². The Labute approximate surface area is 154 Å². The lowest BCUT2D eigenvalue weighted by Crippen LogP contribution is -2.36. The van der Waals surface area contributed by atoms with Crippen LogP contribution in [0, 0.1) is 0 Å². The summed E-state index contributed by atoms with van der Waals surface area (Å²) < 4.78 is 5.15. The molecule has 1 fully saturated rings. The van der Waals surface area contributed by atoms with Crippen LogP contribution in [0.25, 0.3) is 11.1 Å². The van der Waals surface area contributed by atoms with E-state index < -0.39 is 0 Å². The van der Waals surface area contributed by atoms with E-state index in [0.29, 0.717) is 23.9 Å². The number of nitrogens with zero attached hydrogens (tertiary/aromatic N) is 2. The Morgan fingerprint density at radius 3 is 2.72 bits per heavy atom. The molecule has 0 bridgehead atoms. The number of pyridine rings is 1. The van der Waals surface area contributed by atoms with Gasteiger partial charge in [0.15, 0.2) is 0 Å². The number of carbonyl (C=O) groups excluding carboxylic acids is 1. The Morgan fingerprint density at radius 1 is 1.24 bits per heavy atom. The number of hydrogen-bond acceptors (Lipinski definition) is 5. The first-order valence-electron chi connectivity index (χ1n) is 9.04. The van der Waals surface area contributed by atoms with Gasteiger partial charge in [0.2, 0.25) is 0 Å². The molecule has 2 N–H and O–H groups in total. The zero-order valence-corrected chi connectivity index (χ0v) is 15.5. The Hall–Kier alpha value is -1.66. The van der Waals surface area contributed by atoms with E-state index in [-0.39, 0.29) is 18.3 Å². The minimum Gasteiger partial charge on any atom is -0.351 e. The van der Waals surface area contributed by atoms with E-state index in [1.165, 1.54) is 38.5 Å². The largest absolute Gasteiger partial charge is 0.351 e. The molecule has 2 aromatic rings. The number of rotatable bonds is 6. The van der Waals surface area contributed by atoms with Crippen molar-refractivity contribution in [3.05, 3.63) is 23.5 Å². The SMILES string of the molecule is CCc1noc2ncc(C(=O)NCCNC3CCCCCC3)cc12.Cl. The molecule has 2 heterocycles. The molecule has 0 aromatic carbocycles. The van der Waals surface area contributed by atoms with E-state index in [1.807, 2.05) is 13.0 Å². The van der Waals surface area contributed by atoms with Gasteiger partial charge in [0.1, 0.15) is 0 Å². The molecule has 1 saturated carbocycles. The third-order valence-electron chi connectivity index (χ3n) is 4.70. The fourth-order valence-electron chi connectivity index (χ4n) is 3.30. The van der Waals surface area contributed by atoms with Gasteiger partial charge in [-0.1, -0.05) is 37.8 Å². The smallest absolute Gasteiger partial charge is 0.257 e. The van der Waals surface area contributed by atoms with Gasteiger partial charge in [-0.15, -0.1) is 12.4 Å². The number of hydrogen-bond donors (Lipinski definition) is 2. The number of carbonyl (C=O) groups is 1. The summed E-state index contributed by atoms with van der Waals surface area (Å²) in [5.41, 5.74) is 1.87. The fourth-order valence-corrected chi connectivity index (χ4v) is 3.30. The summed E-state index contributed by atoms with van der Waals surface area (Å²) in [6.45, 7) is 3.43. The summed E-state index contributed by atoms with van der Waals surface area (Å²) in [5.74, 6) is -0.102. The molecule has 138 valence electrons. The third-order valence-corrected chi connectivity index (χ3v) is 4.70. The fraction of sp³-hybridized carbons (Fsp3) is 0.611. The van der Waals surface area contributed by atoms with Crippen molar-refractivity contribution in [1.82, 2.24) is 20.8 Å². The molecule has 1 aliphatic carbocycles. The van der Waals surface area contributed by atoms with Crippen molar-refractivity contribution < 1.29 is 9.32 Å². The Morgan fingerprint density at radius 2 is 2.00 bits per heavy atom. The van der Waals surface area contributed by atoms with Crippen LogP contribution in [0.5, 0.6) is 0 Å². The first kappa shape index (κ1) is 19.7. The molecule has 0 unspecified atom stereocenters. The monoisotopic (exact) mass is 366 g/mol. The van der Waals surface area contributed by atoms with Crippen LogP contribution in [0.4, 0.5) is 0 Å². The van der Waals surface area contributed by atoms with Crippen molar-refractivity contribution in [2.45, 2.75) is 57.9 Å². The molecule has 0 radical (unpaired) electrons. The van der Waals surface area contributed by atoms with Crippen LogP contribution in [0.1, 0.15) is 61.5 Å². The maximum absolute atomic E-state index is 12.3. The summed E-state index contributed by atoms with van der Waals surface area (Å²) in [6, 6.07) is 2.41. The first-order chi connectivity index (χ1) is 11.8. The van der Waals surface area contributed by atoms with E-state index >= 15 is 0 Å². The predicted octanol–water partition coefficient (Wildman–Crippen LogP) is 3.25. The van der Waals surface area contributed by atoms with E-state index in [9.17, 15) is 4.79 Å². The maximum Gasteiger partial charge on any atom is 0.257 e. The van der Waals surface area contributed by atoms with Crippen LogP contribution < -0.4 is 10.6 Å². The lowest BCUT2D eigenvalue weighted by atomic mass is 10.1. The molecule has 1 aliphatic rings. The van der Waals surface area contributed by atoms with Gasteiger partial charge in [-0.05, 0) is 25.3 Å². The van der Waals surface area contributed by atoms with Gasteiger partial charge in [-0.2, -0.15) is 0 Å². The minimum absolute atomic E-state index is 0. The highest BCUT2D eigenvalue weighted by Crippen LogP contribution is 2.18. The van der Waals surface area contributed by atoms with Gasteiger partial charge in [0.25, 0.3) is 11.6 Å². The predicted molar refractivity (Wildman–Crippen MR) is 100 cm³/mol. The second-order valence-electron chi connectivity index (χ2n) is 6.46. The quantitative estimate of drug-likeness (QED) is 0.606. The average molecular weight is 367 g/mol. The number of aryl methyl sites for hydroxylation is 1. The lowest BCUT2D eigenvalue weighted by molar-refractivity contribution is 0.0953. The van der Waals surface area contributed by atoms with Crippen LogP contribution in [-0.4, -0.2) is 35.2 Å². The molecular weight excluding hydrogens is 340 g/mol. The number of amides is 1. The van der Waals surface area contributed by atoms with Crippen molar-refractivity contribution in [2.75, 3.05) is 13.1 Å². The van der Waals surface area contributed by atoms with Crippen LogP contribution in [0.2, 0.25) is 0 Å². The Balaban J connectivity index is 0.00000225. The molecular formula is C18H27ClN4O2. The van der Waals surface area contributed by atoms with Gasteiger partial charge < -0.3 is 15.2 Å². The summed E-state index contributed by atoms with van der Waals surface area (Å²) in [6.07, 6.45) is 10.1. The van der Waals surface area contributed by atoms with E-state index in [2.05, 4.69) is 20.8 Å². The number of aromatic nitrogens is 2. The van der Waals surface area contributed by atoms with Crippen LogP contribution >= 0.6 is 12.4 Å². The highest BCUT2D eigenvalue weighted by molar-refractivity contribution is 5.96. The van der Waals surface area contributed by atoms with Gasteiger partial charge >= 0.3 is 0 Å². The van der Waals surface area contributed by atoms with Crippen molar-refractivity contribution in [2.24, 2.45) is 0 Å². The second-order valence-corrected chi connectivity index (χ2v) is 6.46. The lowest BCUT2D eigenvalue weighted by Gasteiger charge is -2.16. The summed E-state index contributed by atoms with van der Waals surface area (Å²) in [7, 11) is 0. The molecule has 2 aromatic heterocycles. The van der Waals surface area contributed by atoms with Crippen molar-refractivity contribution in [3.63, 3.8) is 0 Å². The normalized spacial score (nSPS) is 15.6. The zero-order chi connectivity index (χ0) is 16.8. The topological polar surface area (TPSA) is 80.0 Å². The molecule has 6 nitrogen and oxygen atoms in total. The third kappa shape index (κ3) is 5.16. The highest BCUT2D eigenvalue weighted by Gasteiger charge is 2.13. The highest BCUT2D eigenvalue weighted by atomic mass is 35.5. The van der Waals surface area contributed by atoms with Gasteiger partial charge in [-0.3, -0.25) is 4.79 Å². The van der Waals surface area contributed by atoms with Crippen molar-refractivity contribution in [3.8, 4) is 0 Å². The van der Waals surface area contributed by atoms with Crippen LogP contribution in [0.3, 0.4) is 0 Å². The average Bonchev–Trinajstić information content (AvgIpc) is 2.84. The molecule has 0 saturated heterocycles. The Kier molecular flexibility index (Phi) is 7.65. The van der Waals surface area contributed by atoms with Gasteiger partial charge in [0.05, 0.1) is 16.6 Å². The Bertz CT molecular complexity index is 681. The molecule has 25 heavy (non-hydrogen) atoms. The number of fused-ring (bicyclic) bond motifs is 1. The standard InChI is InChI=1S/C18H26N4O2.ClH/c1-2-16-15-11-13(12-21-18(15)24-22-16)17(23)20-10-9-19-14-7-5-3-4-6-8-14;/h11-12,14,19H,2-10H2,1H3,(H,20,23);1H.